The molecule has 1 aromatic carbocycles. The normalized spacial score (nSPS) is 12.2. The monoisotopic (exact) mass is 321 g/mol. The highest BCUT2D eigenvalue weighted by atomic mass is 79.9. The minimum atomic E-state index is -0.295. The fourth-order valence-corrected chi connectivity index (χ4v) is 2.46. The van der Waals surface area contributed by atoms with E-state index in [1.54, 1.807) is 13.0 Å². The Bertz CT molecular complexity index is 563. The fourth-order valence-electron chi connectivity index (χ4n) is 2.03. The van der Waals surface area contributed by atoms with Crippen LogP contribution in [-0.2, 0) is 4.74 Å². The number of hydrogen-bond acceptors (Lipinski definition) is 2. The Kier molecular flexibility index (Phi) is 4.43. The highest BCUT2D eigenvalue weighted by molar-refractivity contribution is 9.10. The zero-order chi connectivity index (χ0) is 13.8. The number of carbonyl (C=O) groups excluding carboxylic acids is 1. The standard InChI is InChI=1S/C15H16BrNO2/c1-3-19-15(18)14-9-13(16)10-17(14)11(2)12-7-5-4-6-8-12/h4-11H,3H2,1-2H3/t11-/m1/s1. The molecule has 0 aliphatic carbocycles. The lowest BCUT2D eigenvalue weighted by Gasteiger charge is -2.17. The summed E-state index contributed by atoms with van der Waals surface area (Å²) in [5.74, 6) is -0.295. The van der Waals surface area contributed by atoms with Crippen LogP contribution in [0.25, 0.3) is 0 Å². The summed E-state index contributed by atoms with van der Waals surface area (Å²) in [5, 5.41) is 0. The van der Waals surface area contributed by atoms with Gasteiger partial charge in [0.05, 0.1) is 12.6 Å². The van der Waals surface area contributed by atoms with Gasteiger partial charge in [-0.3, -0.25) is 0 Å². The molecule has 0 fully saturated rings. The molecule has 4 heteroatoms. The molecule has 0 aliphatic rings. The highest BCUT2D eigenvalue weighted by Crippen LogP contribution is 2.24. The molecule has 1 aromatic heterocycles. The van der Waals surface area contributed by atoms with Gasteiger partial charge >= 0.3 is 5.97 Å². The molecule has 0 unspecified atom stereocenters. The van der Waals surface area contributed by atoms with Crippen LogP contribution in [0.5, 0.6) is 0 Å². The first kappa shape index (κ1) is 13.9. The number of hydrogen-bond donors (Lipinski definition) is 0. The molecule has 19 heavy (non-hydrogen) atoms. The molecule has 2 rings (SSSR count). The van der Waals surface area contributed by atoms with E-state index in [-0.39, 0.29) is 12.0 Å². The third-order valence-electron chi connectivity index (χ3n) is 3.00. The molecule has 0 radical (unpaired) electrons. The molecule has 0 N–H and O–H groups in total. The van der Waals surface area contributed by atoms with Crippen LogP contribution in [0.15, 0.2) is 47.1 Å². The van der Waals surface area contributed by atoms with E-state index in [1.807, 2.05) is 41.1 Å². The third-order valence-corrected chi connectivity index (χ3v) is 3.43. The molecule has 0 saturated heterocycles. The van der Waals surface area contributed by atoms with Crippen LogP contribution in [0.3, 0.4) is 0 Å². The van der Waals surface area contributed by atoms with Crippen molar-refractivity contribution in [1.29, 1.82) is 0 Å². The van der Waals surface area contributed by atoms with Crippen molar-refractivity contribution in [2.24, 2.45) is 0 Å². The topological polar surface area (TPSA) is 31.2 Å². The Morgan fingerprint density at radius 3 is 2.68 bits per heavy atom. The highest BCUT2D eigenvalue weighted by Gasteiger charge is 2.18. The molecule has 3 nitrogen and oxygen atoms in total. The SMILES string of the molecule is CCOC(=O)c1cc(Br)cn1[C@H](C)c1ccccc1. The Labute approximate surface area is 121 Å². The molecule has 0 aliphatic heterocycles. The van der Waals surface area contributed by atoms with Crippen molar-refractivity contribution in [1.82, 2.24) is 4.57 Å². The average molecular weight is 322 g/mol. The molecule has 0 spiro atoms. The quantitative estimate of drug-likeness (QED) is 0.796. The van der Waals surface area contributed by atoms with Crippen LogP contribution in [-0.4, -0.2) is 17.1 Å². The van der Waals surface area contributed by atoms with Gasteiger partial charge in [-0.15, -0.1) is 0 Å². The molecule has 0 amide bonds. The number of benzene rings is 1. The lowest BCUT2D eigenvalue weighted by atomic mass is 10.1. The molecule has 1 heterocycles. The lowest BCUT2D eigenvalue weighted by Crippen LogP contribution is -2.15. The van der Waals surface area contributed by atoms with Crippen LogP contribution in [0.4, 0.5) is 0 Å². The maximum atomic E-state index is 12.0. The van der Waals surface area contributed by atoms with Crippen LogP contribution < -0.4 is 0 Å². The van der Waals surface area contributed by atoms with Crippen LogP contribution in [0, 0.1) is 0 Å². The Morgan fingerprint density at radius 2 is 2.05 bits per heavy atom. The number of carbonyl (C=O) groups is 1. The number of aromatic nitrogens is 1. The van der Waals surface area contributed by atoms with E-state index in [4.69, 9.17) is 4.74 Å². The summed E-state index contributed by atoms with van der Waals surface area (Å²) in [6.45, 7) is 4.24. The summed E-state index contributed by atoms with van der Waals surface area (Å²) < 4.78 is 7.89. The summed E-state index contributed by atoms with van der Waals surface area (Å²) in [4.78, 5) is 12.0. The van der Waals surface area contributed by atoms with E-state index in [2.05, 4.69) is 22.9 Å². The second-order valence-corrected chi connectivity index (χ2v) is 5.17. The Morgan fingerprint density at radius 1 is 1.37 bits per heavy atom. The van der Waals surface area contributed by atoms with E-state index in [0.29, 0.717) is 12.3 Å². The predicted octanol–water partition coefficient (Wildman–Crippen LogP) is 4.04. The van der Waals surface area contributed by atoms with Crippen molar-refractivity contribution < 1.29 is 9.53 Å². The third kappa shape index (κ3) is 3.07. The fraction of sp³-hybridized carbons (Fsp3) is 0.267. The minimum Gasteiger partial charge on any atom is -0.461 e. The molecular formula is C15H16BrNO2. The molecule has 2 aromatic rings. The number of esters is 1. The van der Waals surface area contributed by atoms with Crippen LogP contribution in [0.1, 0.15) is 35.9 Å². The smallest absolute Gasteiger partial charge is 0.354 e. The predicted molar refractivity (Wildman–Crippen MR) is 78.3 cm³/mol. The summed E-state index contributed by atoms with van der Waals surface area (Å²) in [7, 11) is 0. The first-order valence-electron chi connectivity index (χ1n) is 6.23. The van der Waals surface area contributed by atoms with E-state index >= 15 is 0 Å². The maximum absolute atomic E-state index is 12.0. The van der Waals surface area contributed by atoms with Crippen molar-refractivity contribution in [3.8, 4) is 0 Å². The van der Waals surface area contributed by atoms with Gasteiger partial charge in [0.15, 0.2) is 0 Å². The van der Waals surface area contributed by atoms with Gasteiger partial charge in [0.1, 0.15) is 5.69 Å². The van der Waals surface area contributed by atoms with Crippen LogP contribution in [0.2, 0.25) is 0 Å². The number of nitrogens with zero attached hydrogens (tertiary/aromatic N) is 1. The van der Waals surface area contributed by atoms with Crippen LogP contribution >= 0.6 is 15.9 Å². The summed E-state index contributed by atoms with van der Waals surface area (Å²) in [5.41, 5.74) is 1.71. The molecular weight excluding hydrogens is 306 g/mol. The van der Waals surface area contributed by atoms with E-state index in [9.17, 15) is 4.79 Å². The van der Waals surface area contributed by atoms with E-state index in [1.165, 1.54) is 0 Å². The second kappa shape index (κ2) is 6.06. The first-order valence-corrected chi connectivity index (χ1v) is 7.02. The minimum absolute atomic E-state index is 0.0758. The van der Waals surface area contributed by atoms with Gasteiger partial charge in [0, 0.05) is 10.7 Å². The van der Waals surface area contributed by atoms with Crippen molar-refractivity contribution >= 4 is 21.9 Å². The lowest BCUT2D eigenvalue weighted by molar-refractivity contribution is 0.0512. The van der Waals surface area contributed by atoms with E-state index < -0.39 is 0 Å². The largest absolute Gasteiger partial charge is 0.461 e. The number of ether oxygens (including phenoxy) is 1. The summed E-state index contributed by atoms with van der Waals surface area (Å²) >= 11 is 3.41. The van der Waals surface area contributed by atoms with Gasteiger partial charge < -0.3 is 9.30 Å². The van der Waals surface area contributed by atoms with Gasteiger partial charge in [0.25, 0.3) is 0 Å². The van der Waals surface area contributed by atoms with Crippen molar-refractivity contribution in [2.45, 2.75) is 19.9 Å². The summed E-state index contributed by atoms with van der Waals surface area (Å²) in [6, 6.07) is 11.9. The number of halogens is 1. The zero-order valence-electron chi connectivity index (χ0n) is 11.0. The van der Waals surface area contributed by atoms with E-state index in [0.717, 1.165) is 10.0 Å². The van der Waals surface area contributed by atoms with Gasteiger partial charge in [-0.1, -0.05) is 30.3 Å². The molecule has 100 valence electrons. The van der Waals surface area contributed by atoms with Gasteiger partial charge in [-0.2, -0.15) is 0 Å². The van der Waals surface area contributed by atoms with Gasteiger partial charge in [0.2, 0.25) is 0 Å². The summed E-state index contributed by atoms with van der Waals surface area (Å²) in [6.07, 6.45) is 1.91. The van der Waals surface area contributed by atoms with Gasteiger partial charge in [-0.05, 0) is 41.4 Å². The second-order valence-electron chi connectivity index (χ2n) is 4.26. The molecule has 0 saturated carbocycles. The zero-order valence-corrected chi connectivity index (χ0v) is 12.6. The van der Waals surface area contributed by atoms with Gasteiger partial charge in [-0.25, -0.2) is 4.79 Å². The maximum Gasteiger partial charge on any atom is 0.354 e. The molecule has 1 atom stereocenters. The first-order chi connectivity index (χ1) is 9.13. The Hall–Kier alpha value is -1.55. The van der Waals surface area contributed by atoms with Crippen molar-refractivity contribution in [3.63, 3.8) is 0 Å². The van der Waals surface area contributed by atoms with Crippen molar-refractivity contribution in [3.05, 3.63) is 58.3 Å². The van der Waals surface area contributed by atoms with Crippen molar-refractivity contribution in [2.75, 3.05) is 6.61 Å². The number of rotatable bonds is 4. The molecule has 0 bridgehead atoms. The Balaban J connectivity index is 2.37. The average Bonchev–Trinajstić information content (AvgIpc) is 2.81.